The highest BCUT2D eigenvalue weighted by molar-refractivity contribution is 5.42. The van der Waals surface area contributed by atoms with Gasteiger partial charge in [0.05, 0.1) is 11.5 Å². The minimum Gasteiger partial charge on any atom is -0.198 e. The fraction of sp³-hybridized carbons (Fsp3) is 0.417. The average molecular weight is 169 g/mol. The first-order valence-corrected chi connectivity index (χ1v) is 4.76. The third kappa shape index (κ3) is 0.715. The molecular formula is C12H11N. The first kappa shape index (κ1) is 7.15. The second-order valence-electron chi connectivity index (χ2n) is 4.57. The van der Waals surface area contributed by atoms with E-state index in [0.29, 0.717) is 5.41 Å². The van der Waals surface area contributed by atoms with Gasteiger partial charge in [-0.1, -0.05) is 30.3 Å². The maximum atomic E-state index is 8.89. The molecule has 0 N–H and O–H groups in total. The topological polar surface area (TPSA) is 23.8 Å². The molecule has 64 valence electrons. The molecular weight excluding hydrogens is 158 g/mol. The number of nitrogens with zero attached hydrogens (tertiary/aromatic N) is 1. The normalized spacial score (nSPS) is 39.9. The number of rotatable bonds is 1. The second kappa shape index (κ2) is 1.96. The van der Waals surface area contributed by atoms with E-state index in [-0.39, 0.29) is 5.41 Å². The van der Waals surface area contributed by atoms with Gasteiger partial charge in [0.1, 0.15) is 0 Å². The summed E-state index contributed by atoms with van der Waals surface area (Å²) in [4.78, 5) is 0. The van der Waals surface area contributed by atoms with Crippen molar-refractivity contribution in [2.24, 2.45) is 5.41 Å². The van der Waals surface area contributed by atoms with Crippen molar-refractivity contribution in [3.05, 3.63) is 35.9 Å². The summed E-state index contributed by atoms with van der Waals surface area (Å²) in [7, 11) is 0. The molecule has 3 aliphatic carbocycles. The van der Waals surface area contributed by atoms with Gasteiger partial charge in [-0.25, -0.2) is 0 Å². The molecule has 0 aromatic heterocycles. The van der Waals surface area contributed by atoms with E-state index in [2.05, 4.69) is 36.4 Å². The van der Waals surface area contributed by atoms with Crippen molar-refractivity contribution < 1.29 is 0 Å². The van der Waals surface area contributed by atoms with Crippen LogP contribution in [-0.4, -0.2) is 0 Å². The predicted molar refractivity (Wildman–Crippen MR) is 50.0 cm³/mol. The largest absolute Gasteiger partial charge is 0.198 e. The molecule has 4 rings (SSSR count). The Hall–Kier alpha value is -1.29. The lowest BCUT2D eigenvalue weighted by molar-refractivity contribution is -0.0928. The van der Waals surface area contributed by atoms with Crippen LogP contribution < -0.4 is 0 Å². The highest BCUT2D eigenvalue weighted by Gasteiger charge is 2.68. The lowest BCUT2D eigenvalue weighted by Gasteiger charge is -2.67. The third-order valence-electron chi connectivity index (χ3n) is 3.65. The molecule has 0 aliphatic heterocycles. The summed E-state index contributed by atoms with van der Waals surface area (Å²) in [5.74, 6) is 0. The fourth-order valence-corrected chi connectivity index (χ4v) is 3.00. The summed E-state index contributed by atoms with van der Waals surface area (Å²) in [6.45, 7) is 0. The van der Waals surface area contributed by atoms with E-state index in [1.54, 1.807) is 0 Å². The second-order valence-corrected chi connectivity index (χ2v) is 4.57. The maximum Gasteiger partial charge on any atom is 0.0690 e. The zero-order valence-electron chi connectivity index (χ0n) is 7.46. The van der Waals surface area contributed by atoms with Gasteiger partial charge in [0.2, 0.25) is 0 Å². The number of hydrogen-bond acceptors (Lipinski definition) is 1. The standard InChI is InChI=1S/C12H11N/c13-9-11-6-12(7-11,8-11)10-4-2-1-3-5-10/h1-5H,6-8H2. The Morgan fingerprint density at radius 1 is 1.08 bits per heavy atom. The Balaban J connectivity index is 1.90. The molecule has 3 fully saturated rings. The first-order valence-electron chi connectivity index (χ1n) is 4.76. The van der Waals surface area contributed by atoms with Crippen molar-refractivity contribution in [1.82, 2.24) is 0 Å². The molecule has 0 amide bonds. The molecule has 3 saturated carbocycles. The summed E-state index contributed by atoms with van der Waals surface area (Å²) in [6, 6.07) is 13.1. The van der Waals surface area contributed by atoms with Crippen LogP contribution in [0.2, 0.25) is 0 Å². The zero-order chi connectivity index (χ0) is 8.94. The summed E-state index contributed by atoms with van der Waals surface area (Å²) < 4.78 is 0. The van der Waals surface area contributed by atoms with Crippen LogP contribution in [0.5, 0.6) is 0 Å². The quantitative estimate of drug-likeness (QED) is 0.634. The zero-order valence-corrected chi connectivity index (χ0v) is 7.46. The molecule has 0 heterocycles. The van der Waals surface area contributed by atoms with Crippen LogP contribution >= 0.6 is 0 Å². The van der Waals surface area contributed by atoms with Gasteiger partial charge in [0.15, 0.2) is 0 Å². The third-order valence-corrected chi connectivity index (χ3v) is 3.65. The van der Waals surface area contributed by atoms with E-state index in [1.807, 2.05) is 0 Å². The van der Waals surface area contributed by atoms with Crippen molar-refractivity contribution in [1.29, 1.82) is 5.26 Å². The molecule has 1 aromatic carbocycles. The molecule has 13 heavy (non-hydrogen) atoms. The van der Waals surface area contributed by atoms with Gasteiger partial charge in [-0.05, 0) is 30.2 Å². The van der Waals surface area contributed by atoms with E-state index in [9.17, 15) is 0 Å². The molecule has 1 aromatic rings. The average Bonchev–Trinajstić information content (AvgIpc) is 2.02. The molecule has 1 nitrogen and oxygen atoms in total. The predicted octanol–water partition coefficient (Wildman–Crippen LogP) is 2.63. The highest BCUT2D eigenvalue weighted by Crippen LogP contribution is 2.73. The Labute approximate surface area is 78.0 Å². The minimum absolute atomic E-state index is 0.0792. The maximum absolute atomic E-state index is 8.89. The summed E-state index contributed by atoms with van der Waals surface area (Å²) in [6.07, 6.45) is 3.29. The van der Waals surface area contributed by atoms with Gasteiger partial charge in [0, 0.05) is 0 Å². The lowest BCUT2D eigenvalue weighted by atomic mass is 9.34. The van der Waals surface area contributed by atoms with Crippen LogP contribution in [-0.2, 0) is 5.41 Å². The van der Waals surface area contributed by atoms with Crippen LogP contribution in [0.4, 0.5) is 0 Å². The smallest absolute Gasteiger partial charge is 0.0690 e. The van der Waals surface area contributed by atoms with Gasteiger partial charge in [-0.3, -0.25) is 0 Å². The minimum atomic E-state index is 0.0792. The molecule has 0 unspecified atom stereocenters. The van der Waals surface area contributed by atoms with Crippen LogP contribution in [0, 0.1) is 16.7 Å². The van der Waals surface area contributed by atoms with Crippen LogP contribution in [0.3, 0.4) is 0 Å². The van der Waals surface area contributed by atoms with Gasteiger partial charge >= 0.3 is 0 Å². The number of benzene rings is 1. The Morgan fingerprint density at radius 2 is 1.69 bits per heavy atom. The van der Waals surface area contributed by atoms with E-state index in [4.69, 9.17) is 5.26 Å². The first-order chi connectivity index (χ1) is 6.29. The van der Waals surface area contributed by atoms with Crippen LogP contribution in [0.25, 0.3) is 0 Å². The van der Waals surface area contributed by atoms with E-state index >= 15 is 0 Å². The summed E-state index contributed by atoms with van der Waals surface area (Å²) >= 11 is 0. The van der Waals surface area contributed by atoms with Gasteiger partial charge in [-0.15, -0.1) is 0 Å². The Kier molecular flexibility index (Phi) is 1.08. The molecule has 2 bridgehead atoms. The van der Waals surface area contributed by atoms with Crippen LogP contribution in [0.1, 0.15) is 24.8 Å². The molecule has 0 spiro atoms. The SMILES string of the molecule is N#CC12CC(c3ccccc3)(C1)C2. The van der Waals surface area contributed by atoms with Crippen molar-refractivity contribution in [3.63, 3.8) is 0 Å². The Morgan fingerprint density at radius 3 is 2.23 bits per heavy atom. The van der Waals surface area contributed by atoms with Gasteiger partial charge in [0.25, 0.3) is 0 Å². The molecule has 1 heteroatoms. The van der Waals surface area contributed by atoms with E-state index in [0.717, 1.165) is 19.3 Å². The van der Waals surface area contributed by atoms with Crippen molar-refractivity contribution in [2.45, 2.75) is 24.7 Å². The van der Waals surface area contributed by atoms with Crippen molar-refractivity contribution >= 4 is 0 Å². The van der Waals surface area contributed by atoms with E-state index < -0.39 is 0 Å². The monoisotopic (exact) mass is 169 g/mol. The van der Waals surface area contributed by atoms with Gasteiger partial charge in [-0.2, -0.15) is 5.26 Å². The molecule has 0 radical (unpaired) electrons. The van der Waals surface area contributed by atoms with Crippen LogP contribution in [0.15, 0.2) is 30.3 Å². The lowest BCUT2D eigenvalue weighted by Crippen LogP contribution is -2.63. The summed E-state index contributed by atoms with van der Waals surface area (Å²) in [5, 5.41) is 8.89. The molecule has 3 aliphatic rings. The Bertz CT molecular complexity index is 366. The highest BCUT2D eigenvalue weighted by atomic mass is 14.7. The van der Waals surface area contributed by atoms with Crippen molar-refractivity contribution in [2.75, 3.05) is 0 Å². The van der Waals surface area contributed by atoms with E-state index in [1.165, 1.54) is 5.56 Å². The number of hydrogen-bond donors (Lipinski definition) is 0. The number of nitriles is 1. The molecule has 0 atom stereocenters. The molecule has 0 saturated heterocycles. The fourth-order valence-electron chi connectivity index (χ4n) is 3.00. The summed E-state index contributed by atoms with van der Waals surface area (Å²) in [5.41, 5.74) is 1.92. The van der Waals surface area contributed by atoms with Crippen molar-refractivity contribution in [3.8, 4) is 6.07 Å². The van der Waals surface area contributed by atoms with Gasteiger partial charge < -0.3 is 0 Å².